The molecule has 0 bridgehead atoms. The molecule has 0 aromatic rings. The molecule has 1 rings (SSSR count). The Kier molecular flexibility index (Phi) is 8.58. The molecule has 0 aliphatic carbocycles. The van der Waals surface area contributed by atoms with Crippen LogP contribution in [0.1, 0.15) is 26.2 Å². The van der Waals surface area contributed by atoms with Crippen LogP contribution < -0.4 is 5.32 Å². The molecule has 0 amide bonds. The van der Waals surface area contributed by atoms with Crippen LogP contribution in [-0.4, -0.2) is 64.5 Å². The number of rotatable bonds is 8. The molecule has 1 saturated heterocycles. The molecule has 1 aliphatic rings. The summed E-state index contributed by atoms with van der Waals surface area (Å²) in [6.45, 7) is 7.34. The van der Waals surface area contributed by atoms with Gasteiger partial charge in [0.2, 0.25) is 0 Å². The van der Waals surface area contributed by atoms with Gasteiger partial charge in [0.05, 0.1) is 13.2 Å². The zero-order valence-electron chi connectivity index (χ0n) is 12.7. The summed E-state index contributed by atoms with van der Waals surface area (Å²) in [6, 6.07) is 0. The lowest BCUT2D eigenvalue weighted by Crippen LogP contribution is -2.42. The number of hydrogen-bond acceptors (Lipinski definition) is 3. The monoisotopic (exact) mass is 271 g/mol. The molecule has 1 heterocycles. The quantitative estimate of drug-likeness (QED) is 0.411. The summed E-state index contributed by atoms with van der Waals surface area (Å²) in [5, 5.41) is 3.33. The average molecular weight is 271 g/mol. The van der Waals surface area contributed by atoms with Gasteiger partial charge in [-0.15, -0.1) is 0 Å². The Morgan fingerprint density at radius 2 is 2.32 bits per heavy atom. The van der Waals surface area contributed by atoms with Crippen LogP contribution in [0.4, 0.5) is 0 Å². The summed E-state index contributed by atoms with van der Waals surface area (Å²) in [7, 11) is 3.90. The van der Waals surface area contributed by atoms with Crippen molar-refractivity contribution in [2.24, 2.45) is 10.9 Å². The Morgan fingerprint density at radius 1 is 1.47 bits per heavy atom. The van der Waals surface area contributed by atoms with E-state index in [1.807, 2.05) is 7.05 Å². The van der Waals surface area contributed by atoms with Gasteiger partial charge in [0.1, 0.15) is 0 Å². The second kappa shape index (κ2) is 10.0. The van der Waals surface area contributed by atoms with Gasteiger partial charge in [-0.1, -0.05) is 13.3 Å². The van der Waals surface area contributed by atoms with Crippen LogP contribution in [0, 0.1) is 5.92 Å². The predicted molar refractivity (Wildman–Crippen MR) is 78.6 cm³/mol. The van der Waals surface area contributed by atoms with Crippen molar-refractivity contribution >= 4 is 5.96 Å². The van der Waals surface area contributed by atoms with E-state index in [0.717, 1.165) is 58.3 Å². The van der Waals surface area contributed by atoms with E-state index in [-0.39, 0.29) is 0 Å². The molecule has 1 unspecified atom stereocenters. The van der Waals surface area contributed by atoms with Gasteiger partial charge in [0, 0.05) is 46.3 Å². The molecule has 19 heavy (non-hydrogen) atoms. The molecule has 0 radical (unpaired) electrons. The topological polar surface area (TPSA) is 46.1 Å². The zero-order valence-corrected chi connectivity index (χ0v) is 12.7. The first-order chi connectivity index (χ1) is 9.27. The summed E-state index contributed by atoms with van der Waals surface area (Å²) < 4.78 is 10.9. The van der Waals surface area contributed by atoms with Gasteiger partial charge in [-0.05, 0) is 12.8 Å². The summed E-state index contributed by atoms with van der Waals surface area (Å²) in [6.07, 6.45) is 3.47. The van der Waals surface area contributed by atoms with Crippen molar-refractivity contribution in [3.05, 3.63) is 0 Å². The second-order valence-electron chi connectivity index (χ2n) is 5.05. The number of guanidine groups is 1. The van der Waals surface area contributed by atoms with E-state index in [1.165, 1.54) is 6.42 Å². The first-order valence-electron chi connectivity index (χ1n) is 7.35. The first kappa shape index (κ1) is 16.2. The molecule has 5 nitrogen and oxygen atoms in total. The van der Waals surface area contributed by atoms with E-state index in [0.29, 0.717) is 5.92 Å². The van der Waals surface area contributed by atoms with Gasteiger partial charge in [0.15, 0.2) is 5.96 Å². The number of hydrogen-bond donors (Lipinski definition) is 1. The highest BCUT2D eigenvalue weighted by atomic mass is 16.5. The maximum absolute atomic E-state index is 5.53. The average Bonchev–Trinajstić information content (AvgIpc) is 2.90. The van der Waals surface area contributed by atoms with Crippen molar-refractivity contribution in [3.63, 3.8) is 0 Å². The molecule has 0 spiro atoms. The normalized spacial score (nSPS) is 19.7. The maximum atomic E-state index is 5.53. The van der Waals surface area contributed by atoms with Gasteiger partial charge < -0.3 is 19.7 Å². The van der Waals surface area contributed by atoms with E-state index < -0.39 is 0 Å². The zero-order chi connectivity index (χ0) is 13.9. The molecular weight excluding hydrogens is 242 g/mol. The second-order valence-corrected chi connectivity index (χ2v) is 5.05. The molecule has 0 saturated carbocycles. The summed E-state index contributed by atoms with van der Waals surface area (Å²) in [5.41, 5.74) is 0. The van der Waals surface area contributed by atoms with Crippen LogP contribution in [0.5, 0.6) is 0 Å². The van der Waals surface area contributed by atoms with Crippen molar-refractivity contribution in [1.29, 1.82) is 0 Å². The number of aliphatic imine (C=N–C) groups is 1. The van der Waals surface area contributed by atoms with Gasteiger partial charge in [0.25, 0.3) is 0 Å². The van der Waals surface area contributed by atoms with Crippen LogP contribution in [0.15, 0.2) is 4.99 Å². The fraction of sp³-hybridized carbons (Fsp3) is 0.929. The highest BCUT2D eigenvalue weighted by Gasteiger charge is 2.18. The minimum Gasteiger partial charge on any atom is -0.381 e. The lowest BCUT2D eigenvalue weighted by atomic mass is 10.1. The largest absolute Gasteiger partial charge is 0.381 e. The number of unbranched alkanes of at least 4 members (excludes halogenated alkanes) is 1. The third-order valence-corrected chi connectivity index (χ3v) is 3.30. The van der Waals surface area contributed by atoms with Crippen molar-refractivity contribution in [2.45, 2.75) is 26.2 Å². The van der Waals surface area contributed by atoms with Crippen molar-refractivity contribution < 1.29 is 9.47 Å². The predicted octanol–water partition coefficient (Wildman–Crippen LogP) is 1.35. The third kappa shape index (κ3) is 6.78. The molecule has 1 atom stereocenters. The number of nitrogens with one attached hydrogen (secondary N) is 1. The van der Waals surface area contributed by atoms with E-state index in [2.05, 4.69) is 29.2 Å². The molecule has 1 aliphatic heterocycles. The summed E-state index contributed by atoms with van der Waals surface area (Å²) >= 11 is 0. The SMILES string of the molecule is CCCCOCCNC(=NC)N(C)CC1CCOC1. The van der Waals surface area contributed by atoms with Crippen LogP contribution in [0.2, 0.25) is 0 Å². The highest BCUT2D eigenvalue weighted by Crippen LogP contribution is 2.13. The Labute approximate surface area is 117 Å². The highest BCUT2D eigenvalue weighted by molar-refractivity contribution is 5.79. The molecule has 0 aromatic heterocycles. The number of nitrogens with zero attached hydrogens (tertiary/aromatic N) is 2. The van der Waals surface area contributed by atoms with E-state index in [9.17, 15) is 0 Å². The molecule has 0 aromatic carbocycles. The van der Waals surface area contributed by atoms with Gasteiger partial charge >= 0.3 is 0 Å². The number of ether oxygens (including phenoxy) is 2. The minimum absolute atomic E-state index is 0.629. The fourth-order valence-electron chi connectivity index (χ4n) is 2.17. The van der Waals surface area contributed by atoms with E-state index in [1.54, 1.807) is 0 Å². The third-order valence-electron chi connectivity index (χ3n) is 3.30. The van der Waals surface area contributed by atoms with Crippen molar-refractivity contribution in [2.75, 3.05) is 53.6 Å². The Hall–Kier alpha value is -0.810. The molecular formula is C14H29N3O2. The molecule has 5 heteroatoms. The first-order valence-corrected chi connectivity index (χ1v) is 7.35. The Morgan fingerprint density at radius 3 is 2.95 bits per heavy atom. The minimum atomic E-state index is 0.629. The van der Waals surface area contributed by atoms with Crippen LogP contribution in [0.3, 0.4) is 0 Å². The van der Waals surface area contributed by atoms with Crippen molar-refractivity contribution in [1.82, 2.24) is 10.2 Å². The molecule has 1 N–H and O–H groups in total. The summed E-state index contributed by atoms with van der Waals surface area (Å²) in [4.78, 5) is 6.47. The van der Waals surface area contributed by atoms with Gasteiger partial charge in [-0.2, -0.15) is 0 Å². The van der Waals surface area contributed by atoms with E-state index in [4.69, 9.17) is 9.47 Å². The van der Waals surface area contributed by atoms with Gasteiger partial charge in [-0.25, -0.2) is 0 Å². The lowest BCUT2D eigenvalue weighted by molar-refractivity contribution is 0.135. The molecule has 1 fully saturated rings. The fourth-order valence-corrected chi connectivity index (χ4v) is 2.17. The van der Waals surface area contributed by atoms with Crippen molar-refractivity contribution in [3.8, 4) is 0 Å². The molecule has 112 valence electrons. The lowest BCUT2D eigenvalue weighted by Gasteiger charge is -2.24. The van der Waals surface area contributed by atoms with Crippen LogP contribution in [-0.2, 0) is 9.47 Å². The standard InChI is InChI=1S/C14H29N3O2/c1-4-5-8-18-10-7-16-14(15-2)17(3)11-13-6-9-19-12-13/h13H,4-12H2,1-3H3,(H,15,16). The van der Waals surface area contributed by atoms with Crippen LogP contribution >= 0.6 is 0 Å². The van der Waals surface area contributed by atoms with Gasteiger partial charge in [-0.3, -0.25) is 4.99 Å². The Balaban J connectivity index is 2.13. The van der Waals surface area contributed by atoms with Crippen LogP contribution in [0.25, 0.3) is 0 Å². The van der Waals surface area contributed by atoms with E-state index >= 15 is 0 Å². The Bertz CT molecular complexity index is 253. The maximum Gasteiger partial charge on any atom is 0.193 e. The smallest absolute Gasteiger partial charge is 0.193 e. The summed E-state index contributed by atoms with van der Waals surface area (Å²) in [5.74, 6) is 1.57.